The lowest BCUT2D eigenvalue weighted by atomic mass is 10.2. The Balaban J connectivity index is 2.34. The third-order valence-electron chi connectivity index (χ3n) is 2.37. The van der Waals surface area contributed by atoms with Crippen LogP contribution in [0.4, 0.5) is 5.69 Å². The maximum absolute atomic E-state index is 11.7. The molecule has 100 valence electrons. The van der Waals surface area contributed by atoms with E-state index in [1.807, 2.05) is 45.0 Å². The number of benzene rings is 1. The fourth-order valence-electron chi connectivity index (χ4n) is 1.27. The van der Waals surface area contributed by atoms with Crippen molar-refractivity contribution < 1.29 is 9.53 Å². The standard InChI is InChI=1S/C14H21NO2S/c1-10(2)8-17-14(16)11(3)18-9-12-4-6-13(15)7-5-12/h4-7,10-11H,8-9,15H2,1-3H3. The molecule has 0 aromatic heterocycles. The number of hydrogen-bond donors (Lipinski definition) is 1. The lowest BCUT2D eigenvalue weighted by molar-refractivity contribution is -0.143. The maximum atomic E-state index is 11.7. The number of rotatable bonds is 6. The molecule has 0 heterocycles. The summed E-state index contributed by atoms with van der Waals surface area (Å²) >= 11 is 1.58. The first-order valence-electron chi connectivity index (χ1n) is 6.11. The van der Waals surface area contributed by atoms with Crippen LogP contribution in [0.5, 0.6) is 0 Å². The third-order valence-corrected chi connectivity index (χ3v) is 3.56. The largest absolute Gasteiger partial charge is 0.465 e. The quantitative estimate of drug-likeness (QED) is 0.635. The lowest BCUT2D eigenvalue weighted by Crippen LogP contribution is -2.19. The Kier molecular flexibility index (Phi) is 6.05. The van der Waals surface area contributed by atoms with Crippen LogP contribution in [0.1, 0.15) is 26.3 Å². The van der Waals surface area contributed by atoms with Gasteiger partial charge in [0.2, 0.25) is 0 Å². The Morgan fingerprint density at radius 2 is 1.89 bits per heavy atom. The highest BCUT2D eigenvalue weighted by Gasteiger charge is 2.15. The van der Waals surface area contributed by atoms with Crippen LogP contribution < -0.4 is 5.73 Å². The van der Waals surface area contributed by atoms with Gasteiger partial charge in [0.25, 0.3) is 0 Å². The normalized spacial score (nSPS) is 12.4. The van der Waals surface area contributed by atoms with Crippen LogP contribution in [0, 0.1) is 5.92 Å². The molecule has 1 aromatic rings. The average Bonchev–Trinajstić information content (AvgIpc) is 2.34. The number of carbonyl (C=O) groups excluding carboxylic acids is 1. The smallest absolute Gasteiger partial charge is 0.318 e. The van der Waals surface area contributed by atoms with Gasteiger partial charge in [-0.3, -0.25) is 4.79 Å². The first kappa shape index (κ1) is 14.9. The minimum atomic E-state index is -0.138. The summed E-state index contributed by atoms with van der Waals surface area (Å²) in [4.78, 5) is 11.7. The molecule has 1 rings (SSSR count). The van der Waals surface area contributed by atoms with E-state index < -0.39 is 0 Å². The molecule has 0 amide bonds. The molecule has 0 spiro atoms. The van der Waals surface area contributed by atoms with Crippen LogP contribution in [0.25, 0.3) is 0 Å². The molecule has 2 N–H and O–H groups in total. The molecule has 3 nitrogen and oxygen atoms in total. The molecule has 0 bridgehead atoms. The zero-order chi connectivity index (χ0) is 13.5. The van der Waals surface area contributed by atoms with E-state index >= 15 is 0 Å². The van der Waals surface area contributed by atoms with Gasteiger partial charge in [0, 0.05) is 11.4 Å². The topological polar surface area (TPSA) is 52.3 Å². The molecular weight excluding hydrogens is 246 g/mol. The molecule has 1 unspecified atom stereocenters. The second kappa shape index (κ2) is 7.31. The number of anilines is 1. The number of nitrogen functional groups attached to an aromatic ring is 1. The summed E-state index contributed by atoms with van der Waals surface area (Å²) in [5.41, 5.74) is 7.54. The van der Waals surface area contributed by atoms with Gasteiger partial charge in [-0.05, 0) is 30.5 Å². The number of carbonyl (C=O) groups is 1. The molecule has 0 fully saturated rings. The van der Waals surface area contributed by atoms with Crippen LogP contribution in [0.3, 0.4) is 0 Å². The van der Waals surface area contributed by atoms with E-state index in [1.165, 1.54) is 0 Å². The minimum absolute atomic E-state index is 0.135. The van der Waals surface area contributed by atoms with Gasteiger partial charge in [0.05, 0.1) is 11.9 Å². The fourth-order valence-corrected chi connectivity index (χ4v) is 2.11. The van der Waals surface area contributed by atoms with Crippen molar-refractivity contribution in [2.75, 3.05) is 12.3 Å². The highest BCUT2D eigenvalue weighted by Crippen LogP contribution is 2.19. The van der Waals surface area contributed by atoms with E-state index in [0.29, 0.717) is 12.5 Å². The summed E-state index contributed by atoms with van der Waals surface area (Å²) in [6.45, 7) is 6.43. The van der Waals surface area contributed by atoms with E-state index in [9.17, 15) is 4.79 Å². The Morgan fingerprint density at radius 1 is 1.28 bits per heavy atom. The van der Waals surface area contributed by atoms with Crippen LogP contribution in [0.2, 0.25) is 0 Å². The fraction of sp³-hybridized carbons (Fsp3) is 0.500. The van der Waals surface area contributed by atoms with Crippen molar-refractivity contribution in [1.82, 2.24) is 0 Å². The van der Waals surface area contributed by atoms with Gasteiger partial charge in [-0.25, -0.2) is 0 Å². The molecule has 18 heavy (non-hydrogen) atoms. The van der Waals surface area contributed by atoms with Crippen LogP contribution in [-0.4, -0.2) is 17.8 Å². The zero-order valence-electron chi connectivity index (χ0n) is 11.2. The van der Waals surface area contributed by atoms with Gasteiger partial charge in [-0.15, -0.1) is 11.8 Å². The number of hydrogen-bond acceptors (Lipinski definition) is 4. The first-order chi connectivity index (χ1) is 8.49. The van der Waals surface area contributed by atoms with E-state index in [2.05, 4.69) is 0 Å². The Morgan fingerprint density at radius 3 is 2.44 bits per heavy atom. The first-order valence-corrected chi connectivity index (χ1v) is 7.16. The maximum Gasteiger partial charge on any atom is 0.318 e. The summed E-state index contributed by atoms with van der Waals surface area (Å²) in [7, 11) is 0. The average molecular weight is 267 g/mol. The van der Waals surface area contributed by atoms with E-state index in [0.717, 1.165) is 17.0 Å². The summed E-state index contributed by atoms with van der Waals surface area (Å²) in [5, 5.41) is -0.138. The number of thioether (sulfide) groups is 1. The van der Waals surface area contributed by atoms with Crippen LogP contribution >= 0.6 is 11.8 Å². The molecule has 0 aliphatic rings. The summed E-state index contributed by atoms with van der Waals surface area (Å²) in [6, 6.07) is 7.71. The minimum Gasteiger partial charge on any atom is -0.465 e. The molecule has 0 aliphatic heterocycles. The Bertz CT molecular complexity index is 376. The molecule has 0 saturated carbocycles. The Labute approximate surface area is 113 Å². The van der Waals surface area contributed by atoms with Gasteiger partial charge < -0.3 is 10.5 Å². The SMILES string of the molecule is CC(C)COC(=O)C(C)SCc1ccc(N)cc1. The van der Waals surface area contributed by atoms with E-state index in [4.69, 9.17) is 10.5 Å². The third kappa shape index (κ3) is 5.45. The van der Waals surface area contributed by atoms with Gasteiger partial charge in [0.15, 0.2) is 0 Å². The van der Waals surface area contributed by atoms with E-state index in [1.54, 1.807) is 11.8 Å². The number of nitrogens with two attached hydrogens (primary N) is 1. The van der Waals surface area contributed by atoms with Crippen LogP contribution in [0.15, 0.2) is 24.3 Å². The molecule has 4 heteroatoms. The molecule has 0 saturated heterocycles. The van der Waals surface area contributed by atoms with Gasteiger partial charge in [-0.2, -0.15) is 0 Å². The van der Waals surface area contributed by atoms with Gasteiger partial charge in [0.1, 0.15) is 0 Å². The monoisotopic (exact) mass is 267 g/mol. The van der Waals surface area contributed by atoms with Crippen molar-refractivity contribution in [2.24, 2.45) is 5.92 Å². The second-order valence-electron chi connectivity index (χ2n) is 4.72. The summed E-state index contributed by atoms with van der Waals surface area (Å²) < 4.78 is 5.19. The number of esters is 1. The summed E-state index contributed by atoms with van der Waals surface area (Å²) in [5.74, 6) is 1.03. The Hall–Kier alpha value is -1.16. The highest BCUT2D eigenvalue weighted by atomic mass is 32.2. The second-order valence-corrected chi connectivity index (χ2v) is 6.05. The van der Waals surface area contributed by atoms with Crippen molar-refractivity contribution in [2.45, 2.75) is 31.8 Å². The molecule has 1 atom stereocenters. The molecule has 0 aliphatic carbocycles. The lowest BCUT2D eigenvalue weighted by Gasteiger charge is -2.12. The van der Waals surface area contributed by atoms with Crippen molar-refractivity contribution in [3.8, 4) is 0 Å². The predicted octanol–water partition coefficient (Wildman–Crippen LogP) is 3.09. The van der Waals surface area contributed by atoms with Gasteiger partial charge in [-0.1, -0.05) is 26.0 Å². The predicted molar refractivity (Wildman–Crippen MR) is 77.4 cm³/mol. The van der Waals surface area contributed by atoms with Crippen molar-refractivity contribution in [3.63, 3.8) is 0 Å². The van der Waals surface area contributed by atoms with Gasteiger partial charge >= 0.3 is 5.97 Å². The van der Waals surface area contributed by atoms with Crippen molar-refractivity contribution >= 4 is 23.4 Å². The molecule has 0 radical (unpaired) electrons. The summed E-state index contributed by atoms with van der Waals surface area (Å²) in [6.07, 6.45) is 0. The highest BCUT2D eigenvalue weighted by molar-refractivity contribution is 7.99. The van der Waals surface area contributed by atoms with Crippen LogP contribution in [-0.2, 0) is 15.3 Å². The zero-order valence-corrected chi connectivity index (χ0v) is 12.0. The molecule has 1 aromatic carbocycles. The number of ether oxygens (including phenoxy) is 1. The van der Waals surface area contributed by atoms with Crippen molar-refractivity contribution in [1.29, 1.82) is 0 Å². The molecular formula is C14H21NO2S. The van der Waals surface area contributed by atoms with E-state index in [-0.39, 0.29) is 11.2 Å². The van der Waals surface area contributed by atoms with Crippen molar-refractivity contribution in [3.05, 3.63) is 29.8 Å².